The molecule has 2 rings (SSSR count). The summed E-state index contributed by atoms with van der Waals surface area (Å²) in [6.45, 7) is 2.64. The Hall–Kier alpha value is -1.19. The van der Waals surface area contributed by atoms with Crippen LogP contribution in [0.1, 0.15) is 10.4 Å². The van der Waals surface area contributed by atoms with Crippen LogP contribution in [0.2, 0.25) is 5.02 Å². The van der Waals surface area contributed by atoms with Gasteiger partial charge in [-0.1, -0.05) is 11.6 Å². The summed E-state index contributed by atoms with van der Waals surface area (Å²) >= 11 is 5.74. The summed E-state index contributed by atoms with van der Waals surface area (Å²) in [5, 5.41) is 10.6. The number of carboxylic acids is 1. The maximum absolute atomic E-state index is 12.3. The number of nitrogens with one attached hydrogen (secondary N) is 1. The highest BCUT2D eigenvalue weighted by molar-refractivity contribution is 7.89. The minimum Gasteiger partial charge on any atom is -0.478 e. The van der Waals surface area contributed by atoms with Crippen LogP contribution in [-0.4, -0.2) is 62.6 Å². The van der Waals surface area contributed by atoms with Crippen molar-refractivity contribution in [2.45, 2.75) is 4.90 Å². The van der Waals surface area contributed by atoms with Crippen molar-refractivity contribution in [1.29, 1.82) is 0 Å². The van der Waals surface area contributed by atoms with Crippen LogP contribution in [0, 0.1) is 0 Å². The molecule has 1 heterocycles. The van der Waals surface area contributed by atoms with E-state index in [1.165, 1.54) is 12.1 Å². The van der Waals surface area contributed by atoms with Gasteiger partial charge in [0, 0.05) is 26.2 Å². The van der Waals surface area contributed by atoms with Gasteiger partial charge in [-0.25, -0.2) is 18.2 Å². The highest BCUT2D eigenvalue weighted by atomic mass is 35.5. The SMILES string of the molecule is CN1CCN(NS(=O)(=O)c2ccc(Cl)c(C(=O)O)c2)CC1. The van der Waals surface area contributed by atoms with Gasteiger partial charge in [0.25, 0.3) is 10.0 Å². The van der Waals surface area contributed by atoms with Crippen molar-refractivity contribution in [3.8, 4) is 0 Å². The summed E-state index contributed by atoms with van der Waals surface area (Å²) in [6.07, 6.45) is 0. The van der Waals surface area contributed by atoms with Crippen molar-refractivity contribution in [2.75, 3.05) is 33.2 Å². The lowest BCUT2D eigenvalue weighted by Gasteiger charge is -2.32. The second-order valence-corrected chi connectivity index (χ2v) is 6.90. The van der Waals surface area contributed by atoms with Crippen LogP contribution in [0.5, 0.6) is 0 Å². The van der Waals surface area contributed by atoms with Crippen LogP contribution in [0.3, 0.4) is 0 Å². The summed E-state index contributed by atoms with van der Waals surface area (Å²) in [5.41, 5.74) is -0.238. The second-order valence-electron chi connectivity index (χ2n) is 4.83. The van der Waals surface area contributed by atoms with Crippen molar-refractivity contribution in [3.05, 3.63) is 28.8 Å². The van der Waals surface area contributed by atoms with Gasteiger partial charge in [-0.05, 0) is 25.2 Å². The molecule has 1 aliphatic rings. The molecule has 0 atom stereocenters. The molecule has 1 aliphatic heterocycles. The number of carboxylic acid groups (broad SMARTS) is 1. The van der Waals surface area contributed by atoms with Gasteiger partial charge < -0.3 is 10.0 Å². The average molecular weight is 334 g/mol. The molecule has 0 bridgehead atoms. The van der Waals surface area contributed by atoms with Crippen LogP contribution in [0.15, 0.2) is 23.1 Å². The van der Waals surface area contributed by atoms with Crippen LogP contribution < -0.4 is 4.83 Å². The Kier molecular flexibility index (Phi) is 4.84. The van der Waals surface area contributed by atoms with Crippen LogP contribution in [-0.2, 0) is 10.0 Å². The predicted molar refractivity (Wildman–Crippen MR) is 77.8 cm³/mol. The summed E-state index contributed by atoms with van der Waals surface area (Å²) in [6, 6.07) is 3.61. The fourth-order valence-electron chi connectivity index (χ4n) is 1.96. The molecule has 0 aliphatic carbocycles. The average Bonchev–Trinajstić information content (AvgIpc) is 2.41. The van der Waals surface area contributed by atoms with E-state index in [1.54, 1.807) is 5.01 Å². The molecule has 1 saturated heterocycles. The molecule has 0 spiro atoms. The predicted octanol–water partition coefficient (Wildman–Crippen LogP) is 0.479. The maximum Gasteiger partial charge on any atom is 0.337 e. The number of hydrogen-bond acceptors (Lipinski definition) is 5. The first kappa shape index (κ1) is 16.2. The number of carbonyl (C=O) groups is 1. The molecule has 0 amide bonds. The van der Waals surface area contributed by atoms with Crippen molar-refractivity contribution in [3.63, 3.8) is 0 Å². The summed E-state index contributed by atoms with van der Waals surface area (Å²) < 4.78 is 24.5. The van der Waals surface area contributed by atoms with Crippen molar-refractivity contribution >= 4 is 27.6 Å². The first-order valence-electron chi connectivity index (χ1n) is 6.28. The van der Waals surface area contributed by atoms with E-state index in [4.69, 9.17) is 16.7 Å². The minimum absolute atomic E-state index is 0.000970. The number of likely N-dealkylation sites (N-methyl/N-ethyl adjacent to an activating group) is 1. The van der Waals surface area contributed by atoms with Gasteiger partial charge in [-0.2, -0.15) is 0 Å². The molecule has 0 aromatic heterocycles. The first-order chi connectivity index (χ1) is 9.79. The molecule has 7 nitrogen and oxygen atoms in total. The van der Waals surface area contributed by atoms with E-state index in [2.05, 4.69) is 9.73 Å². The van der Waals surface area contributed by atoms with Crippen LogP contribution in [0.25, 0.3) is 0 Å². The zero-order valence-corrected chi connectivity index (χ0v) is 13.0. The van der Waals surface area contributed by atoms with E-state index >= 15 is 0 Å². The monoisotopic (exact) mass is 333 g/mol. The second kappa shape index (κ2) is 6.29. The molecule has 0 unspecified atom stereocenters. The Bertz CT molecular complexity index is 642. The molecular weight excluding hydrogens is 318 g/mol. The number of hydrazine groups is 1. The smallest absolute Gasteiger partial charge is 0.337 e. The summed E-state index contributed by atoms with van der Waals surface area (Å²) in [5.74, 6) is -1.27. The number of benzene rings is 1. The third-order valence-corrected chi connectivity index (χ3v) is 4.93. The molecule has 116 valence electrons. The molecule has 0 saturated carbocycles. The Morgan fingerprint density at radius 3 is 2.48 bits per heavy atom. The maximum atomic E-state index is 12.3. The number of hydrogen-bond donors (Lipinski definition) is 2. The van der Waals surface area contributed by atoms with E-state index in [1.807, 2.05) is 7.05 Å². The van der Waals surface area contributed by atoms with Crippen LogP contribution >= 0.6 is 11.6 Å². The van der Waals surface area contributed by atoms with E-state index in [0.717, 1.165) is 19.2 Å². The molecule has 1 aromatic rings. The first-order valence-corrected chi connectivity index (χ1v) is 8.14. The molecule has 9 heteroatoms. The van der Waals surface area contributed by atoms with Gasteiger partial charge in [0.1, 0.15) is 0 Å². The highest BCUT2D eigenvalue weighted by Crippen LogP contribution is 2.20. The Balaban J connectivity index is 2.20. The van der Waals surface area contributed by atoms with E-state index in [0.29, 0.717) is 13.1 Å². The number of nitrogens with zero attached hydrogens (tertiary/aromatic N) is 2. The molecule has 1 fully saturated rings. The van der Waals surface area contributed by atoms with Gasteiger partial charge in [0.2, 0.25) is 0 Å². The fraction of sp³-hybridized carbons (Fsp3) is 0.417. The number of sulfonamides is 1. The number of rotatable bonds is 4. The van der Waals surface area contributed by atoms with Crippen LogP contribution in [0.4, 0.5) is 0 Å². The normalized spacial score (nSPS) is 17.8. The lowest BCUT2D eigenvalue weighted by Crippen LogP contribution is -2.52. The van der Waals surface area contributed by atoms with E-state index in [9.17, 15) is 13.2 Å². The number of halogens is 1. The zero-order valence-electron chi connectivity index (χ0n) is 11.4. The fourth-order valence-corrected chi connectivity index (χ4v) is 3.30. The van der Waals surface area contributed by atoms with Crippen molar-refractivity contribution in [2.24, 2.45) is 0 Å². The third-order valence-electron chi connectivity index (χ3n) is 3.23. The molecular formula is C12H16ClN3O4S. The Morgan fingerprint density at radius 2 is 1.90 bits per heavy atom. The van der Waals surface area contributed by atoms with E-state index in [-0.39, 0.29) is 15.5 Å². The van der Waals surface area contributed by atoms with Gasteiger partial charge in [0.05, 0.1) is 15.5 Å². The Morgan fingerprint density at radius 1 is 1.29 bits per heavy atom. The largest absolute Gasteiger partial charge is 0.478 e. The lowest BCUT2D eigenvalue weighted by atomic mass is 10.2. The lowest BCUT2D eigenvalue weighted by molar-refractivity contribution is 0.0697. The molecule has 0 radical (unpaired) electrons. The number of aromatic carboxylic acids is 1. The molecule has 1 aromatic carbocycles. The Labute approximate surface area is 128 Å². The van der Waals surface area contributed by atoms with Crippen molar-refractivity contribution < 1.29 is 18.3 Å². The minimum atomic E-state index is -3.81. The van der Waals surface area contributed by atoms with Crippen molar-refractivity contribution in [1.82, 2.24) is 14.7 Å². The topological polar surface area (TPSA) is 90.0 Å². The highest BCUT2D eigenvalue weighted by Gasteiger charge is 2.23. The summed E-state index contributed by atoms with van der Waals surface area (Å²) in [4.78, 5) is 15.4. The standard InChI is InChI=1S/C12H16ClN3O4S/c1-15-4-6-16(7-5-15)14-21(19,20)9-2-3-11(13)10(8-9)12(17)18/h2-3,8,14H,4-7H2,1H3,(H,17,18). The van der Waals surface area contributed by atoms with Gasteiger partial charge in [-0.3, -0.25) is 0 Å². The third kappa shape index (κ3) is 3.92. The van der Waals surface area contributed by atoms with Gasteiger partial charge in [0.15, 0.2) is 0 Å². The van der Waals surface area contributed by atoms with Gasteiger partial charge >= 0.3 is 5.97 Å². The van der Waals surface area contributed by atoms with E-state index < -0.39 is 16.0 Å². The quantitative estimate of drug-likeness (QED) is 0.833. The molecule has 21 heavy (non-hydrogen) atoms. The molecule has 2 N–H and O–H groups in total. The van der Waals surface area contributed by atoms with Gasteiger partial charge in [-0.15, -0.1) is 4.83 Å². The number of piperazine rings is 1. The summed E-state index contributed by atoms with van der Waals surface area (Å²) in [7, 11) is -1.85. The zero-order chi connectivity index (χ0) is 15.6.